The van der Waals surface area contributed by atoms with Crippen molar-refractivity contribution in [2.24, 2.45) is 11.3 Å². The molecule has 0 N–H and O–H groups in total. The second-order valence-electron chi connectivity index (χ2n) is 5.79. The van der Waals surface area contributed by atoms with E-state index in [4.69, 9.17) is 0 Å². The molecular weight excluding hydrogens is 234 g/mol. The summed E-state index contributed by atoms with van der Waals surface area (Å²) in [6, 6.07) is 0. The minimum atomic E-state index is -0.619. The summed E-state index contributed by atoms with van der Waals surface area (Å²) in [5, 5.41) is 0. The van der Waals surface area contributed by atoms with E-state index in [9.17, 15) is 9.00 Å². The van der Waals surface area contributed by atoms with Gasteiger partial charge in [-0.15, -0.1) is 0 Å². The van der Waals surface area contributed by atoms with Crippen LogP contribution in [0.15, 0.2) is 0 Å². The molecule has 0 unspecified atom stereocenters. The van der Waals surface area contributed by atoms with Gasteiger partial charge in [-0.25, -0.2) is 0 Å². The van der Waals surface area contributed by atoms with E-state index in [0.717, 1.165) is 49.9 Å². The predicted molar refractivity (Wildman–Crippen MR) is 70.4 cm³/mol. The van der Waals surface area contributed by atoms with Crippen molar-refractivity contribution in [3.8, 4) is 0 Å². The zero-order valence-electron chi connectivity index (χ0n) is 10.7. The highest BCUT2D eigenvalue weighted by atomic mass is 32.2. The van der Waals surface area contributed by atoms with Gasteiger partial charge in [0.25, 0.3) is 0 Å². The molecule has 1 aliphatic heterocycles. The Morgan fingerprint density at radius 2 is 1.88 bits per heavy atom. The molecule has 0 spiro atoms. The van der Waals surface area contributed by atoms with Crippen molar-refractivity contribution < 1.29 is 9.00 Å². The van der Waals surface area contributed by atoms with Gasteiger partial charge in [-0.3, -0.25) is 4.21 Å². The maximum Gasteiger partial charge on any atom is 0.127 e. The van der Waals surface area contributed by atoms with Crippen molar-refractivity contribution >= 4 is 17.1 Å². The van der Waals surface area contributed by atoms with E-state index < -0.39 is 10.8 Å². The second kappa shape index (κ2) is 5.61. The third-order valence-electron chi connectivity index (χ3n) is 4.33. The smallest absolute Gasteiger partial charge is 0.127 e. The molecule has 0 aromatic rings. The van der Waals surface area contributed by atoms with E-state index in [0.29, 0.717) is 0 Å². The van der Waals surface area contributed by atoms with Crippen molar-refractivity contribution in [1.82, 2.24) is 4.90 Å². The lowest BCUT2D eigenvalue weighted by Gasteiger charge is -2.39. The largest absolute Gasteiger partial charge is 0.303 e. The number of carbonyl (C=O) groups is 1. The highest BCUT2D eigenvalue weighted by Gasteiger charge is 2.36. The normalized spacial score (nSPS) is 36.9. The lowest BCUT2D eigenvalue weighted by molar-refractivity contribution is -0.119. The van der Waals surface area contributed by atoms with Crippen molar-refractivity contribution in [2.45, 2.75) is 32.6 Å². The second-order valence-corrected chi connectivity index (χ2v) is 7.48. The van der Waals surface area contributed by atoms with E-state index in [-0.39, 0.29) is 5.41 Å². The molecule has 0 radical (unpaired) electrons. The van der Waals surface area contributed by atoms with Crippen LogP contribution in [0.4, 0.5) is 0 Å². The van der Waals surface area contributed by atoms with Gasteiger partial charge in [0.15, 0.2) is 0 Å². The molecule has 1 heterocycles. The fourth-order valence-electron chi connectivity index (χ4n) is 2.93. The Morgan fingerprint density at radius 3 is 2.41 bits per heavy atom. The first-order chi connectivity index (χ1) is 8.13. The topological polar surface area (TPSA) is 37.4 Å². The monoisotopic (exact) mass is 257 g/mol. The third-order valence-corrected chi connectivity index (χ3v) is 5.60. The van der Waals surface area contributed by atoms with Crippen LogP contribution in [0, 0.1) is 11.3 Å². The molecule has 2 rings (SSSR count). The number of nitrogens with zero attached hydrogens (tertiary/aromatic N) is 1. The van der Waals surface area contributed by atoms with Crippen LogP contribution in [0.25, 0.3) is 0 Å². The summed E-state index contributed by atoms with van der Waals surface area (Å²) in [6.45, 7) is 4.97. The highest BCUT2D eigenvalue weighted by molar-refractivity contribution is 7.85. The fraction of sp³-hybridized carbons (Fsp3) is 0.923. The van der Waals surface area contributed by atoms with Crippen LogP contribution in [0.1, 0.15) is 32.6 Å². The van der Waals surface area contributed by atoms with Gasteiger partial charge in [0, 0.05) is 47.4 Å². The Hall–Kier alpha value is -0.220. The number of hydrogen-bond acceptors (Lipinski definition) is 3. The Balaban J connectivity index is 1.90. The van der Waals surface area contributed by atoms with Crippen molar-refractivity contribution in [3.63, 3.8) is 0 Å². The zero-order valence-corrected chi connectivity index (χ0v) is 11.5. The highest BCUT2D eigenvalue weighted by Crippen LogP contribution is 2.38. The SMILES string of the molecule is CC1CCC(C=O)(CN2CCS(=O)CC2)CC1. The van der Waals surface area contributed by atoms with Crippen LogP contribution in [-0.2, 0) is 15.6 Å². The molecule has 0 aromatic carbocycles. The van der Waals surface area contributed by atoms with Crippen LogP contribution in [0.5, 0.6) is 0 Å². The zero-order chi connectivity index (χ0) is 12.3. The van der Waals surface area contributed by atoms with Crippen LogP contribution in [-0.4, -0.2) is 46.5 Å². The van der Waals surface area contributed by atoms with Gasteiger partial charge in [-0.05, 0) is 31.6 Å². The van der Waals surface area contributed by atoms with E-state index >= 15 is 0 Å². The summed E-state index contributed by atoms with van der Waals surface area (Å²) in [5.41, 5.74) is -0.106. The molecule has 0 aromatic heterocycles. The maximum absolute atomic E-state index is 11.4. The Labute approximate surface area is 106 Å². The molecule has 17 heavy (non-hydrogen) atoms. The quantitative estimate of drug-likeness (QED) is 0.718. The summed E-state index contributed by atoms with van der Waals surface area (Å²) in [7, 11) is -0.619. The fourth-order valence-corrected chi connectivity index (χ4v) is 4.06. The third kappa shape index (κ3) is 3.38. The average Bonchev–Trinajstić information content (AvgIpc) is 2.35. The maximum atomic E-state index is 11.4. The molecular formula is C13H23NO2S. The van der Waals surface area contributed by atoms with Crippen LogP contribution >= 0.6 is 0 Å². The molecule has 1 saturated heterocycles. The number of aldehydes is 1. The summed E-state index contributed by atoms with van der Waals surface area (Å²) in [6.07, 6.45) is 5.63. The van der Waals surface area contributed by atoms with Gasteiger partial charge in [0.05, 0.1) is 0 Å². The molecule has 0 amide bonds. The molecule has 98 valence electrons. The molecule has 4 heteroatoms. The van der Waals surface area contributed by atoms with Gasteiger partial charge in [0.2, 0.25) is 0 Å². The molecule has 0 atom stereocenters. The number of hydrogen-bond donors (Lipinski definition) is 0. The Bertz CT molecular complexity index is 288. The van der Waals surface area contributed by atoms with Gasteiger partial charge < -0.3 is 9.69 Å². The van der Waals surface area contributed by atoms with Crippen molar-refractivity contribution in [3.05, 3.63) is 0 Å². The molecule has 3 nitrogen and oxygen atoms in total. The van der Waals surface area contributed by atoms with E-state index in [1.165, 1.54) is 19.1 Å². The van der Waals surface area contributed by atoms with Crippen molar-refractivity contribution in [1.29, 1.82) is 0 Å². The lowest BCUT2D eigenvalue weighted by Crippen LogP contribution is -2.46. The predicted octanol–water partition coefficient (Wildman–Crippen LogP) is 1.45. The van der Waals surface area contributed by atoms with Crippen LogP contribution in [0.2, 0.25) is 0 Å². The number of carbonyl (C=O) groups excluding carboxylic acids is 1. The van der Waals surface area contributed by atoms with E-state index in [1.54, 1.807) is 0 Å². The van der Waals surface area contributed by atoms with Crippen molar-refractivity contribution in [2.75, 3.05) is 31.1 Å². The van der Waals surface area contributed by atoms with Gasteiger partial charge in [-0.2, -0.15) is 0 Å². The van der Waals surface area contributed by atoms with Gasteiger partial charge >= 0.3 is 0 Å². The average molecular weight is 257 g/mol. The molecule has 1 saturated carbocycles. The molecule has 2 fully saturated rings. The summed E-state index contributed by atoms with van der Waals surface area (Å²) in [4.78, 5) is 13.8. The summed E-state index contributed by atoms with van der Waals surface area (Å²) in [5.74, 6) is 2.34. The van der Waals surface area contributed by atoms with E-state index in [1.807, 2.05) is 0 Å². The first kappa shape index (κ1) is 13.2. The minimum Gasteiger partial charge on any atom is -0.303 e. The first-order valence-electron chi connectivity index (χ1n) is 6.67. The Kier molecular flexibility index (Phi) is 4.36. The minimum absolute atomic E-state index is 0.106. The van der Waals surface area contributed by atoms with Gasteiger partial charge in [0.1, 0.15) is 6.29 Å². The molecule has 1 aliphatic carbocycles. The summed E-state index contributed by atoms with van der Waals surface area (Å²) < 4.78 is 11.3. The van der Waals surface area contributed by atoms with E-state index in [2.05, 4.69) is 11.8 Å². The first-order valence-corrected chi connectivity index (χ1v) is 8.16. The standard InChI is InChI=1S/C13H23NO2S/c1-12-2-4-13(11-15,5-3-12)10-14-6-8-17(16)9-7-14/h11-12H,2-10H2,1H3. The molecule has 0 bridgehead atoms. The summed E-state index contributed by atoms with van der Waals surface area (Å²) >= 11 is 0. The molecule has 2 aliphatic rings. The Morgan fingerprint density at radius 1 is 1.29 bits per heavy atom. The number of rotatable bonds is 3. The lowest BCUT2D eigenvalue weighted by atomic mass is 9.71. The van der Waals surface area contributed by atoms with Crippen LogP contribution in [0.3, 0.4) is 0 Å². The van der Waals surface area contributed by atoms with Gasteiger partial charge in [-0.1, -0.05) is 6.92 Å². The van der Waals surface area contributed by atoms with Crippen LogP contribution < -0.4 is 0 Å².